The largest absolute Gasteiger partial charge is 0.479 e. The number of hydrogen-bond acceptors (Lipinski definition) is 2. The van der Waals surface area contributed by atoms with Gasteiger partial charge in [-0.15, -0.1) is 0 Å². The van der Waals surface area contributed by atoms with E-state index < -0.39 is 11.5 Å². The number of hydrogen-bond donors (Lipinski definition) is 1. The third-order valence-corrected chi connectivity index (χ3v) is 3.84. The molecule has 0 radical (unpaired) electrons. The van der Waals surface area contributed by atoms with E-state index in [1.54, 1.807) is 39.0 Å². The average molecular weight is 328 g/mol. The Bertz CT molecular complexity index is 501. The molecule has 4 nitrogen and oxygen atoms in total. The molecule has 0 spiro atoms. The molecular weight excluding hydrogens is 310 g/mol. The molecule has 19 heavy (non-hydrogen) atoms. The Morgan fingerprint density at radius 3 is 2.21 bits per heavy atom. The predicted octanol–water partition coefficient (Wildman–Crippen LogP) is 3.01. The molecule has 1 amide bonds. The molecule has 1 N–H and O–H groups in total. The first-order valence-corrected chi connectivity index (χ1v) is 6.80. The summed E-state index contributed by atoms with van der Waals surface area (Å²) in [6.07, 6.45) is 0. The summed E-state index contributed by atoms with van der Waals surface area (Å²) in [4.78, 5) is 25.1. The summed E-state index contributed by atoms with van der Waals surface area (Å²) < 4.78 is 0.673. The normalized spacial score (nSPS) is 14.0. The summed E-state index contributed by atoms with van der Waals surface area (Å²) in [5.41, 5.74) is -0.841. The molecule has 5 heteroatoms. The van der Waals surface area contributed by atoms with E-state index in [-0.39, 0.29) is 11.9 Å². The molecule has 0 heterocycles. The molecular formula is C14H18BrNO3. The zero-order valence-electron chi connectivity index (χ0n) is 11.5. The maximum atomic E-state index is 11.9. The zero-order valence-corrected chi connectivity index (χ0v) is 13.1. The number of carbonyl (C=O) groups excluding carboxylic acids is 1. The Morgan fingerprint density at radius 1 is 1.32 bits per heavy atom. The number of amides is 1. The molecule has 1 atom stereocenters. The van der Waals surface area contributed by atoms with E-state index in [1.807, 2.05) is 6.07 Å². The van der Waals surface area contributed by atoms with Gasteiger partial charge in [0.15, 0.2) is 5.54 Å². The van der Waals surface area contributed by atoms with Crippen molar-refractivity contribution in [2.75, 3.05) is 0 Å². The molecule has 0 saturated heterocycles. The first-order valence-electron chi connectivity index (χ1n) is 6.01. The zero-order chi connectivity index (χ0) is 14.8. The number of halogens is 1. The molecule has 1 unspecified atom stereocenters. The summed E-state index contributed by atoms with van der Waals surface area (Å²) in [5.74, 6) is -1.32. The number of carboxylic acid groups (broad SMARTS) is 1. The van der Waals surface area contributed by atoms with Crippen LogP contribution in [-0.2, 0) is 15.1 Å². The third-order valence-electron chi connectivity index (χ3n) is 3.15. The second-order valence-electron chi connectivity index (χ2n) is 4.84. The lowest BCUT2D eigenvalue weighted by Crippen LogP contribution is -2.55. The Morgan fingerprint density at radius 2 is 1.84 bits per heavy atom. The highest BCUT2D eigenvalue weighted by molar-refractivity contribution is 9.10. The Balaban J connectivity index is 3.52. The Hall–Kier alpha value is -1.36. The topological polar surface area (TPSA) is 57.6 Å². The van der Waals surface area contributed by atoms with E-state index >= 15 is 0 Å². The predicted molar refractivity (Wildman–Crippen MR) is 76.8 cm³/mol. The van der Waals surface area contributed by atoms with E-state index in [9.17, 15) is 14.7 Å². The lowest BCUT2D eigenvalue weighted by molar-refractivity contribution is -0.160. The number of nitrogens with zero attached hydrogens (tertiary/aromatic N) is 1. The van der Waals surface area contributed by atoms with Gasteiger partial charge in [-0.05, 0) is 26.8 Å². The van der Waals surface area contributed by atoms with Gasteiger partial charge in [0.2, 0.25) is 5.91 Å². The van der Waals surface area contributed by atoms with Gasteiger partial charge in [-0.2, -0.15) is 0 Å². The fraction of sp³-hybridized carbons (Fsp3) is 0.429. The standard InChI is InChI=1S/C14H18BrNO3/c1-9(2)16(10(3)17)14(4,13(18)19)11-7-5-6-8-12(11)15/h5-9H,1-4H3,(H,18,19). The van der Waals surface area contributed by atoms with E-state index in [0.29, 0.717) is 10.0 Å². The molecule has 0 saturated carbocycles. The number of carboxylic acids is 1. The Kier molecular flexibility index (Phi) is 4.74. The molecule has 1 rings (SSSR count). The minimum atomic E-state index is -1.40. The number of aliphatic carboxylic acids is 1. The van der Waals surface area contributed by atoms with Gasteiger partial charge in [-0.3, -0.25) is 4.79 Å². The highest BCUT2D eigenvalue weighted by Gasteiger charge is 2.45. The molecule has 0 aliphatic rings. The lowest BCUT2D eigenvalue weighted by atomic mass is 9.88. The van der Waals surface area contributed by atoms with Crippen LogP contribution in [0.1, 0.15) is 33.3 Å². The molecule has 1 aromatic rings. The van der Waals surface area contributed by atoms with Crippen molar-refractivity contribution in [3.8, 4) is 0 Å². The second kappa shape index (κ2) is 5.74. The van der Waals surface area contributed by atoms with Crippen molar-refractivity contribution in [3.63, 3.8) is 0 Å². The van der Waals surface area contributed by atoms with Gasteiger partial charge < -0.3 is 10.0 Å². The molecule has 0 fully saturated rings. The highest BCUT2D eigenvalue weighted by Crippen LogP contribution is 2.35. The van der Waals surface area contributed by atoms with Crippen molar-refractivity contribution in [1.29, 1.82) is 0 Å². The fourth-order valence-corrected chi connectivity index (χ4v) is 3.07. The van der Waals surface area contributed by atoms with Crippen LogP contribution in [0.3, 0.4) is 0 Å². The van der Waals surface area contributed by atoms with Crippen molar-refractivity contribution >= 4 is 27.8 Å². The maximum Gasteiger partial charge on any atom is 0.334 e. The van der Waals surface area contributed by atoms with Crippen molar-refractivity contribution in [3.05, 3.63) is 34.3 Å². The summed E-state index contributed by atoms with van der Waals surface area (Å²) in [6.45, 7) is 6.55. The molecule has 104 valence electrons. The van der Waals surface area contributed by atoms with Crippen LogP contribution in [0, 0.1) is 0 Å². The van der Waals surface area contributed by atoms with E-state index in [1.165, 1.54) is 11.8 Å². The first kappa shape index (κ1) is 15.7. The van der Waals surface area contributed by atoms with Gasteiger partial charge in [0.05, 0.1) is 0 Å². The summed E-state index contributed by atoms with van der Waals surface area (Å²) in [5, 5.41) is 9.66. The maximum absolute atomic E-state index is 11.9. The quantitative estimate of drug-likeness (QED) is 0.924. The van der Waals surface area contributed by atoms with Crippen LogP contribution in [0.15, 0.2) is 28.7 Å². The van der Waals surface area contributed by atoms with Crippen LogP contribution >= 0.6 is 15.9 Å². The molecule has 0 bridgehead atoms. The number of carbonyl (C=O) groups is 2. The SMILES string of the molecule is CC(=O)N(C(C)C)C(C)(C(=O)O)c1ccccc1Br. The van der Waals surface area contributed by atoms with Crippen molar-refractivity contribution in [1.82, 2.24) is 4.90 Å². The van der Waals surface area contributed by atoms with Crippen LogP contribution in [-0.4, -0.2) is 27.9 Å². The van der Waals surface area contributed by atoms with Crippen LogP contribution < -0.4 is 0 Å². The summed E-state index contributed by atoms with van der Waals surface area (Å²) in [7, 11) is 0. The van der Waals surface area contributed by atoms with Gasteiger partial charge in [-0.1, -0.05) is 34.1 Å². The van der Waals surface area contributed by atoms with Gasteiger partial charge >= 0.3 is 5.97 Å². The van der Waals surface area contributed by atoms with Gasteiger partial charge in [0, 0.05) is 23.0 Å². The number of rotatable bonds is 4. The van der Waals surface area contributed by atoms with Gasteiger partial charge in [-0.25, -0.2) is 4.79 Å². The number of benzene rings is 1. The van der Waals surface area contributed by atoms with Crippen LogP contribution in [0.5, 0.6) is 0 Å². The van der Waals surface area contributed by atoms with E-state index in [4.69, 9.17) is 0 Å². The second-order valence-corrected chi connectivity index (χ2v) is 5.69. The van der Waals surface area contributed by atoms with E-state index in [0.717, 1.165) is 0 Å². The third kappa shape index (κ3) is 2.81. The first-order chi connectivity index (χ1) is 8.72. The van der Waals surface area contributed by atoms with Crippen molar-refractivity contribution in [2.24, 2.45) is 0 Å². The molecule has 1 aromatic carbocycles. The molecule has 0 aliphatic carbocycles. The highest BCUT2D eigenvalue weighted by atomic mass is 79.9. The van der Waals surface area contributed by atoms with Crippen LogP contribution in [0.2, 0.25) is 0 Å². The minimum Gasteiger partial charge on any atom is -0.479 e. The monoisotopic (exact) mass is 327 g/mol. The lowest BCUT2D eigenvalue weighted by Gasteiger charge is -2.41. The van der Waals surface area contributed by atoms with Crippen molar-refractivity contribution in [2.45, 2.75) is 39.3 Å². The Labute approximate surface area is 121 Å². The van der Waals surface area contributed by atoms with Gasteiger partial charge in [0.1, 0.15) is 0 Å². The smallest absolute Gasteiger partial charge is 0.334 e. The summed E-state index contributed by atoms with van der Waals surface area (Å²) in [6, 6.07) is 6.85. The van der Waals surface area contributed by atoms with Crippen molar-refractivity contribution < 1.29 is 14.7 Å². The van der Waals surface area contributed by atoms with E-state index in [2.05, 4.69) is 15.9 Å². The van der Waals surface area contributed by atoms with Crippen LogP contribution in [0.25, 0.3) is 0 Å². The fourth-order valence-electron chi connectivity index (χ4n) is 2.40. The average Bonchev–Trinajstić information content (AvgIpc) is 2.27. The summed E-state index contributed by atoms with van der Waals surface area (Å²) >= 11 is 3.37. The van der Waals surface area contributed by atoms with Gasteiger partial charge in [0.25, 0.3) is 0 Å². The van der Waals surface area contributed by atoms with Crippen LogP contribution in [0.4, 0.5) is 0 Å². The molecule has 0 aliphatic heterocycles. The molecule has 0 aromatic heterocycles. The minimum absolute atomic E-state index is 0.217.